The summed E-state index contributed by atoms with van der Waals surface area (Å²) in [5.74, 6) is -1.78. The highest BCUT2D eigenvalue weighted by Gasteiger charge is 2.62. The minimum absolute atomic E-state index is 0.0285. The Balaban J connectivity index is 1.13. The van der Waals surface area contributed by atoms with Gasteiger partial charge in [-0.05, 0) is 97.1 Å². The number of rotatable bonds is 16. The molecule has 0 amide bonds. The summed E-state index contributed by atoms with van der Waals surface area (Å²) in [6.45, 7) is 0. The van der Waals surface area contributed by atoms with Crippen LogP contribution in [0, 0.1) is 0 Å². The molecule has 0 aliphatic carbocycles. The second-order valence-corrected chi connectivity index (χ2v) is 12.2. The number of para-hydroxylation sites is 2. The summed E-state index contributed by atoms with van der Waals surface area (Å²) in [5, 5.41) is 0. The highest BCUT2D eigenvalue weighted by atomic mass is 19.4. The van der Waals surface area contributed by atoms with E-state index in [1.54, 1.807) is 60.7 Å². The van der Waals surface area contributed by atoms with E-state index in [0.29, 0.717) is 11.5 Å². The minimum atomic E-state index is -5.76. The van der Waals surface area contributed by atoms with Crippen molar-refractivity contribution in [1.82, 2.24) is 0 Å². The second kappa shape index (κ2) is 17.4. The molecule has 0 saturated carbocycles. The molecule has 0 aliphatic rings. The van der Waals surface area contributed by atoms with Crippen LogP contribution < -0.4 is 33.2 Å². The average Bonchev–Trinajstić information content (AvgIpc) is 3.19. The summed E-state index contributed by atoms with van der Waals surface area (Å²) in [5.41, 5.74) is 0. The van der Waals surface area contributed by atoms with Crippen molar-refractivity contribution in [3.8, 4) is 57.5 Å². The first-order valence-electron chi connectivity index (χ1n) is 17.1. The highest BCUT2D eigenvalue weighted by molar-refractivity contribution is 5.40. The normalized spacial score (nSPS) is 14.7. The molecule has 0 aromatic heterocycles. The Hall–Kier alpha value is -6.78. The molecule has 0 radical (unpaired) electrons. The predicted molar refractivity (Wildman–Crippen MR) is 191 cm³/mol. The molecule has 0 N–H and O–H groups in total. The van der Waals surface area contributed by atoms with Crippen LogP contribution in [0.15, 0.2) is 158 Å². The molecule has 59 heavy (non-hydrogen) atoms. The van der Waals surface area contributed by atoms with Gasteiger partial charge in [-0.25, -0.2) is 8.78 Å². The minimum Gasteiger partial charge on any atom is -0.457 e. The third-order valence-electron chi connectivity index (χ3n) is 7.66. The fraction of sp³-hybridized carbons (Fsp3) is 0.143. The van der Waals surface area contributed by atoms with Crippen molar-refractivity contribution in [3.63, 3.8) is 0 Å². The second-order valence-electron chi connectivity index (χ2n) is 12.2. The van der Waals surface area contributed by atoms with Gasteiger partial charge in [0.05, 0.1) is 0 Å². The van der Waals surface area contributed by atoms with Crippen LogP contribution in [-0.4, -0.2) is 36.8 Å². The van der Waals surface area contributed by atoms with Crippen LogP contribution in [0.3, 0.4) is 0 Å². The molecule has 308 valence electrons. The smallest absolute Gasteiger partial charge is 0.449 e. The molecule has 0 spiro atoms. The van der Waals surface area contributed by atoms with E-state index < -0.39 is 59.8 Å². The molecule has 7 nitrogen and oxygen atoms in total. The largest absolute Gasteiger partial charge is 0.457 e. The van der Waals surface area contributed by atoms with E-state index in [2.05, 4.69) is 0 Å². The van der Waals surface area contributed by atoms with E-state index in [-0.39, 0.29) is 23.0 Å². The van der Waals surface area contributed by atoms with Crippen LogP contribution in [0.4, 0.5) is 43.9 Å². The fourth-order valence-corrected chi connectivity index (χ4v) is 5.02. The molecule has 0 fully saturated rings. The highest BCUT2D eigenvalue weighted by Crippen LogP contribution is 2.41. The van der Waals surface area contributed by atoms with Gasteiger partial charge < -0.3 is 33.2 Å². The van der Waals surface area contributed by atoms with Crippen molar-refractivity contribution in [3.05, 3.63) is 158 Å². The molecule has 0 bridgehead atoms. The van der Waals surface area contributed by atoms with Crippen molar-refractivity contribution in [2.75, 3.05) is 0 Å². The van der Waals surface area contributed by atoms with Gasteiger partial charge in [0.2, 0.25) is 0 Å². The zero-order valence-electron chi connectivity index (χ0n) is 29.8. The van der Waals surface area contributed by atoms with Gasteiger partial charge in [0.1, 0.15) is 57.5 Å². The maximum atomic E-state index is 15.8. The lowest BCUT2D eigenvalue weighted by molar-refractivity contribution is -0.325. The van der Waals surface area contributed by atoms with Crippen molar-refractivity contribution in [1.29, 1.82) is 0 Å². The quantitative estimate of drug-likeness (QED) is 0.0711. The van der Waals surface area contributed by atoms with E-state index in [1.807, 2.05) is 0 Å². The Morgan fingerprint density at radius 3 is 0.881 bits per heavy atom. The maximum Gasteiger partial charge on any atom is 0.449 e. The van der Waals surface area contributed by atoms with Gasteiger partial charge in [0, 0.05) is 12.1 Å². The topological polar surface area (TPSA) is 64.6 Å². The third kappa shape index (κ3) is 11.2. The van der Waals surface area contributed by atoms with Crippen molar-refractivity contribution < 1.29 is 77.1 Å². The number of hydrogen-bond acceptors (Lipinski definition) is 7. The molecular weight excluding hydrogens is 806 g/mol. The van der Waals surface area contributed by atoms with Crippen LogP contribution in [0.1, 0.15) is 0 Å². The lowest BCUT2D eigenvalue weighted by Crippen LogP contribution is -2.53. The lowest BCUT2D eigenvalue weighted by Gasteiger charge is -2.30. The molecule has 17 heteroatoms. The number of alkyl halides is 10. The molecular formula is C42H28F10O7. The van der Waals surface area contributed by atoms with Crippen molar-refractivity contribution in [2.45, 2.75) is 36.8 Å². The summed E-state index contributed by atoms with van der Waals surface area (Å²) >= 11 is 0. The fourth-order valence-electron chi connectivity index (χ4n) is 5.02. The third-order valence-corrected chi connectivity index (χ3v) is 7.66. The summed E-state index contributed by atoms with van der Waals surface area (Å²) in [6, 6.07) is 25.0. The Labute approximate surface area is 328 Å². The van der Waals surface area contributed by atoms with E-state index in [0.717, 1.165) is 72.8 Å². The number of benzene rings is 6. The maximum absolute atomic E-state index is 15.8. The van der Waals surface area contributed by atoms with Crippen molar-refractivity contribution >= 4 is 0 Å². The molecule has 0 aliphatic heterocycles. The van der Waals surface area contributed by atoms with Gasteiger partial charge in [-0.15, -0.1) is 0 Å². The average molecular weight is 835 g/mol. The van der Waals surface area contributed by atoms with E-state index >= 15 is 8.78 Å². The summed E-state index contributed by atoms with van der Waals surface area (Å²) in [4.78, 5) is 0. The number of hydrogen-bond donors (Lipinski definition) is 0. The Kier molecular flexibility index (Phi) is 12.3. The monoisotopic (exact) mass is 834 g/mol. The summed E-state index contributed by atoms with van der Waals surface area (Å²) in [7, 11) is 0. The molecule has 6 aromatic carbocycles. The van der Waals surface area contributed by atoms with Crippen LogP contribution in [0.5, 0.6) is 57.5 Å². The van der Waals surface area contributed by atoms with Gasteiger partial charge >= 0.3 is 36.8 Å². The summed E-state index contributed by atoms with van der Waals surface area (Å²) < 4.78 is 178. The van der Waals surface area contributed by atoms with Crippen LogP contribution in [0.25, 0.3) is 0 Å². The number of halogens is 10. The first kappa shape index (κ1) is 41.8. The van der Waals surface area contributed by atoms with E-state index in [1.165, 1.54) is 24.3 Å². The Morgan fingerprint density at radius 1 is 0.288 bits per heavy atom. The molecule has 6 rings (SSSR count). The SMILES string of the molecule is FC(C(F)(F)F)C(F)(Oc1ccc(Oc2ccc(OC(F)(Oc3cccc(Oc4ccccc4)c3)C(F)C(F)(F)F)cc2)cc1)Oc1cccc(Oc2ccccc2)c1. The van der Waals surface area contributed by atoms with E-state index in [9.17, 15) is 35.1 Å². The van der Waals surface area contributed by atoms with Crippen molar-refractivity contribution in [2.24, 2.45) is 0 Å². The lowest BCUT2D eigenvalue weighted by atomic mass is 10.2. The zero-order valence-corrected chi connectivity index (χ0v) is 29.8. The van der Waals surface area contributed by atoms with Gasteiger partial charge in [-0.3, -0.25) is 0 Å². The van der Waals surface area contributed by atoms with E-state index in [4.69, 9.17) is 33.2 Å². The molecule has 0 heterocycles. The molecule has 4 unspecified atom stereocenters. The molecule has 6 aromatic rings. The van der Waals surface area contributed by atoms with Crippen LogP contribution in [-0.2, 0) is 0 Å². The zero-order chi connectivity index (χ0) is 42.3. The van der Waals surface area contributed by atoms with Gasteiger partial charge in [-0.1, -0.05) is 48.5 Å². The predicted octanol–water partition coefficient (Wildman–Crippen LogP) is 13.0. The first-order chi connectivity index (χ1) is 28.0. The standard InChI is InChI=1S/C42H28F10O7/c43-37(39(45,46)47)41(51,58-35-15-7-13-33(25-35)54-27-9-3-1-4-10-27)56-31-21-17-29(18-22-31)53-30-19-23-32(24-20-30)57-42(52,38(44)40(48,49)50)59-36-16-8-14-34(26-36)55-28-11-5-2-6-12-28/h1-26,37-38H. The number of ether oxygens (including phenoxy) is 7. The van der Waals surface area contributed by atoms with Crippen LogP contribution in [0.2, 0.25) is 0 Å². The van der Waals surface area contributed by atoms with Gasteiger partial charge in [0.25, 0.3) is 0 Å². The molecule has 4 atom stereocenters. The molecule has 0 saturated heterocycles. The first-order valence-corrected chi connectivity index (χ1v) is 17.1. The van der Waals surface area contributed by atoms with Gasteiger partial charge in [-0.2, -0.15) is 35.1 Å². The summed E-state index contributed by atoms with van der Waals surface area (Å²) in [6.07, 6.45) is -20.1. The Morgan fingerprint density at radius 2 is 0.542 bits per heavy atom. The van der Waals surface area contributed by atoms with Crippen LogP contribution >= 0.6 is 0 Å². The van der Waals surface area contributed by atoms with Gasteiger partial charge in [0.15, 0.2) is 0 Å². The Bertz CT molecular complexity index is 2100.